The lowest BCUT2D eigenvalue weighted by Gasteiger charge is -2.33. The standard InChI is InChI=1S/C20H29N3O2S/c1-4-17-15(2)21-19-8-6-5-7-18(19)20(17)22-16-9-11-23(12-10-16)13-14-26(3,24)25/h5-8,16H,4,9-14H2,1-3H3,(H,21,22). The monoisotopic (exact) mass is 375 g/mol. The van der Waals surface area contributed by atoms with Crippen LogP contribution in [0.5, 0.6) is 0 Å². The van der Waals surface area contributed by atoms with Gasteiger partial charge in [0, 0.05) is 48.7 Å². The molecular weight excluding hydrogens is 346 g/mol. The zero-order valence-corrected chi connectivity index (χ0v) is 16.8. The second-order valence-electron chi connectivity index (χ2n) is 7.31. The van der Waals surface area contributed by atoms with Crippen LogP contribution in [0.2, 0.25) is 0 Å². The predicted octanol–water partition coefficient (Wildman–Crippen LogP) is 3.03. The van der Waals surface area contributed by atoms with Crippen molar-refractivity contribution in [1.82, 2.24) is 9.88 Å². The Morgan fingerprint density at radius 2 is 1.92 bits per heavy atom. The van der Waals surface area contributed by atoms with E-state index in [9.17, 15) is 8.42 Å². The Hall–Kier alpha value is -1.66. The molecule has 6 heteroatoms. The van der Waals surface area contributed by atoms with Gasteiger partial charge in [-0.05, 0) is 37.8 Å². The molecule has 0 bridgehead atoms. The largest absolute Gasteiger partial charge is 0.381 e. The van der Waals surface area contributed by atoms with Crippen molar-refractivity contribution in [3.05, 3.63) is 35.5 Å². The van der Waals surface area contributed by atoms with E-state index in [2.05, 4.69) is 42.3 Å². The fourth-order valence-corrected chi connectivity index (χ4v) is 4.36. The van der Waals surface area contributed by atoms with Crippen LogP contribution in [0, 0.1) is 6.92 Å². The molecule has 0 amide bonds. The number of para-hydroxylation sites is 1. The van der Waals surface area contributed by atoms with Gasteiger partial charge < -0.3 is 10.2 Å². The summed E-state index contributed by atoms with van der Waals surface area (Å²) in [6.45, 7) is 6.79. The Labute approximate surface area is 156 Å². The molecule has 1 aromatic carbocycles. The molecule has 3 rings (SSSR count). The summed E-state index contributed by atoms with van der Waals surface area (Å²) in [4.78, 5) is 7.01. The Morgan fingerprint density at radius 3 is 2.58 bits per heavy atom. The van der Waals surface area contributed by atoms with Crippen molar-refractivity contribution >= 4 is 26.4 Å². The van der Waals surface area contributed by atoms with Gasteiger partial charge in [-0.2, -0.15) is 0 Å². The topological polar surface area (TPSA) is 62.3 Å². The number of nitrogens with zero attached hydrogens (tertiary/aromatic N) is 2. The maximum absolute atomic E-state index is 11.4. The molecule has 26 heavy (non-hydrogen) atoms. The number of sulfone groups is 1. The van der Waals surface area contributed by atoms with Crippen molar-refractivity contribution in [3.8, 4) is 0 Å². The zero-order chi connectivity index (χ0) is 18.7. The Balaban J connectivity index is 1.72. The normalized spacial score (nSPS) is 16.9. The van der Waals surface area contributed by atoms with E-state index in [0.717, 1.165) is 43.6 Å². The van der Waals surface area contributed by atoms with E-state index in [0.29, 0.717) is 12.6 Å². The van der Waals surface area contributed by atoms with Crippen LogP contribution in [0.4, 0.5) is 5.69 Å². The number of aromatic nitrogens is 1. The van der Waals surface area contributed by atoms with Crippen molar-refractivity contribution in [2.75, 3.05) is 37.0 Å². The number of piperidine rings is 1. The summed E-state index contributed by atoms with van der Waals surface area (Å²) in [6.07, 6.45) is 4.33. The van der Waals surface area contributed by atoms with E-state index in [-0.39, 0.29) is 5.75 Å². The lowest BCUT2D eigenvalue weighted by molar-refractivity contribution is 0.230. The highest BCUT2D eigenvalue weighted by molar-refractivity contribution is 7.90. The van der Waals surface area contributed by atoms with E-state index >= 15 is 0 Å². The first kappa shape index (κ1) is 19.1. The minimum absolute atomic E-state index is 0.249. The number of hydrogen-bond donors (Lipinski definition) is 1. The highest BCUT2D eigenvalue weighted by Crippen LogP contribution is 2.30. The fourth-order valence-electron chi connectivity index (χ4n) is 3.77. The zero-order valence-electron chi connectivity index (χ0n) is 16.0. The van der Waals surface area contributed by atoms with Crippen molar-refractivity contribution in [3.63, 3.8) is 0 Å². The van der Waals surface area contributed by atoms with E-state index in [1.165, 1.54) is 22.9 Å². The number of aryl methyl sites for hydroxylation is 1. The fraction of sp³-hybridized carbons (Fsp3) is 0.550. The molecule has 2 aromatic rings. The predicted molar refractivity (Wildman–Crippen MR) is 109 cm³/mol. The van der Waals surface area contributed by atoms with Gasteiger partial charge in [0.25, 0.3) is 0 Å². The summed E-state index contributed by atoms with van der Waals surface area (Å²) in [6, 6.07) is 8.73. The van der Waals surface area contributed by atoms with Gasteiger partial charge in [-0.25, -0.2) is 8.42 Å². The van der Waals surface area contributed by atoms with E-state index in [1.807, 2.05) is 6.07 Å². The average Bonchev–Trinajstić information content (AvgIpc) is 2.60. The van der Waals surface area contributed by atoms with Crippen molar-refractivity contribution < 1.29 is 8.42 Å². The second-order valence-corrected chi connectivity index (χ2v) is 9.57. The van der Waals surface area contributed by atoms with Crippen LogP contribution in [0.3, 0.4) is 0 Å². The van der Waals surface area contributed by atoms with Crippen LogP contribution in [0.25, 0.3) is 10.9 Å². The molecule has 1 N–H and O–H groups in total. The SMILES string of the molecule is CCc1c(C)nc2ccccc2c1NC1CCN(CCS(C)(=O)=O)CC1. The van der Waals surface area contributed by atoms with E-state index in [1.54, 1.807) is 0 Å². The first-order valence-electron chi connectivity index (χ1n) is 9.42. The van der Waals surface area contributed by atoms with Crippen molar-refractivity contribution in [2.24, 2.45) is 0 Å². The molecule has 1 aliphatic rings. The average molecular weight is 376 g/mol. The van der Waals surface area contributed by atoms with Gasteiger partial charge in [0.2, 0.25) is 0 Å². The van der Waals surface area contributed by atoms with Crippen LogP contribution >= 0.6 is 0 Å². The maximum Gasteiger partial charge on any atom is 0.148 e. The number of rotatable bonds is 6. The summed E-state index contributed by atoms with van der Waals surface area (Å²) in [7, 11) is -2.89. The smallest absolute Gasteiger partial charge is 0.148 e. The molecule has 1 aromatic heterocycles. The van der Waals surface area contributed by atoms with Crippen molar-refractivity contribution in [2.45, 2.75) is 39.2 Å². The number of pyridine rings is 1. The first-order chi connectivity index (χ1) is 12.4. The van der Waals surface area contributed by atoms with Crippen LogP contribution in [0.15, 0.2) is 24.3 Å². The molecule has 0 atom stereocenters. The Morgan fingerprint density at radius 1 is 1.23 bits per heavy atom. The molecule has 0 unspecified atom stereocenters. The number of nitrogens with one attached hydrogen (secondary N) is 1. The molecular formula is C20H29N3O2S. The number of likely N-dealkylation sites (tertiary alicyclic amines) is 1. The highest BCUT2D eigenvalue weighted by atomic mass is 32.2. The number of hydrogen-bond acceptors (Lipinski definition) is 5. The number of benzene rings is 1. The molecule has 142 valence electrons. The minimum atomic E-state index is -2.89. The first-order valence-corrected chi connectivity index (χ1v) is 11.5. The van der Waals surface area contributed by atoms with E-state index in [4.69, 9.17) is 4.98 Å². The third-order valence-electron chi connectivity index (χ3n) is 5.27. The van der Waals surface area contributed by atoms with Gasteiger partial charge in [0.05, 0.1) is 11.3 Å². The molecule has 0 spiro atoms. The molecule has 0 aliphatic carbocycles. The Bertz CT molecular complexity index is 872. The van der Waals surface area contributed by atoms with Crippen molar-refractivity contribution in [1.29, 1.82) is 0 Å². The molecule has 5 nitrogen and oxygen atoms in total. The summed E-state index contributed by atoms with van der Waals surface area (Å²) < 4.78 is 22.7. The lowest BCUT2D eigenvalue weighted by Crippen LogP contribution is -2.41. The van der Waals surface area contributed by atoms with Gasteiger partial charge in [0.1, 0.15) is 9.84 Å². The molecule has 1 fully saturated rings. The summed E-state index contributed by atoms with van der Waals surface area (Å²) >= 11 is 0. The maximum atomic E-state index is 11.4. The second kappa shape index (κ2) is 7.92. The number of anilines is 1. The molecule has 1 saturated heterocycles. The summed E-state index contributed by atoms with van der Waals surface area (Å²) in [5.41, 5.74) is 4.66. The third-order valence-corrected chi connectivity index (χ3v) is 6.19. The molecule has 2 heterocycles. The van der Waals surface area contributed by atoms with Gasteiger partial charge in [0.15, 0.2) is 0 Å². The molecule has 0 radical (unpaired) electrons. The highest BCUT2D eigenvalue weighted by Gasteiger charge is 2.22. The molecule has 0 saturated carbocycles. The van der Waals surface area contributed by atoms with Gasteiger partial charge in [-0.15, -0.1) is 0 Å². The van der Waals surface area contributed by atoms with Gasteiger partial charge in [-0.1, -0.05) is 25.1 Å². The summed E-state index contributed by atoms with van der Waals surface area (Å²) in [5.74, 6) is 0.249. The lowest BCUT2D eigenvalue weighted by atomic mass is 10.00. The molecule has 1 aliphatic heterocycles. The van der Waals surface area contributed by atoms with Gasteiger partial charge >= 0.3 is 0 Å². The van der Waals surface area contributed by atoms with Gasteiger partial charge in [-0.3, -0.25) is 4.98 Å². The Kier molecular flexibility index (Phi) is 5.82. The van der Waals surface area contributed by atoms with Crippen LogP contribution in [0.1, 0.15) is 31.0 Å². The van der Waals surface area contributed by atoms with Crippen LogP contribution in [-0.4, -0.2) is 56.0 Å². The quantitative estimate of drug-likeness (QED) is 0.841. The third kappa shape index (κ3) is 4.54. The number of fused-ring (bicyclic) bond motifs is 1. The summed E-state index contributed by atoms with van der Waals surface area (Å²) in [5, 5.41) is 4.98. The van der Waals surface area contributed by atoms with Crippen LogP contribution < -0.4 is 5.32 Å². The van der Waals surface area contributed by atoms with E-state index < -0.39 is 9.84 Å². The minimum Gasteiger partial charge on any atom is -0.381 e. The van der Waals surface area contributed by atoms with Crippen LogP contribution in [-0.2, 0) is 16.3 Å².